The van der Waals surface area contributed by atoms with Crippen LogP contribution in [0.2, 0.25) is 0 Å². The van der Waals surface area contributed by atoms with Gasteiger partial charge in [0.2, 0.25) is 0 Å². The van der Waals surface area contributed by atoms with Crippen LogP contribution >= 0.6 is 0 Å². The quantitative estimate of drug-likeness (QED) is 0.875. The molecule has 3 rings (SSSR count). The molecule has 0 aliphatic carbocycles. The number of sulfone groups is 1. The maximum absolute atomic E-state index is 14.2. The highest BCUT2D eigenvalue weighted by molar-refractivity contribution is 7.90. The Labute approximate surface area is 146 Å². The Bertz CT molecular complexity index is 852. The van der Waals surface area contributed by atoms with Gasteiger partial charge < -0.3 is 15.0 Å². The van der Waals surface area contributed by atoms with E-state index < -0.39 is 15.7 Å². The minimum absolute atomic E-state index is 0.0362. The minimum atomic E-state index is -3.43. The number of morpholine rings is 1. The van der Waals surface area contributed by atoms with E-state index in [1.165, 1.54) is 12.1 Å². The van der Waals surface area contributed by atoms with Crippen LogP contribution in [0.1, 0.15) is 5.56 Å². The standard InChI is InChI=1S/C17H20FN3O3S/c1-25(22,23)14-4-5-16(15(18)11-14)20-12-13-3-2-6-19-17(13)21-7-9-24-10-8-21/h2-6,11,20H,7-10,12H2,1H3. The fourth-order valence-corrected chi connectivity index (χ4v) is 3.32. The summed E-state index contributed by atoms with van der Waals surface area (Å²) in [5.74, 6) is 0.256. The highest BCUT2D eigenvalue weighted by atomic mass is 32.2. The number of pyridine rings is 1. The summed E-state index contributed by atoms with van der Waals surface area (Å²) in [6.07, 6.45) is 2.79. The van der Waals surface area contributed by atoms with E-state index in [2.05, 4.69) is 15.2 Å². The van der Waals surface area contributed by atoms with Crippen LogP contribution in [0.5, 0.6) is 0 Å². The van der Waals surface area contributed by atoms with Crippen LogP contribution in [0.25, 0.3) is 0 Å². The van der Waals surface area contributed by atoms with Crippen LogP contribution in [0, 0.1) is 5.82 Å². The van der Waals surface area contributed by atoms with E-state index in [1.54, 1.807) is 6.20 Å². The molecule has 0 saturated carbocycles. The second-order valence-corrected chi connectivity index (χ2v) is 7.87. The van der Waals surface area contributed by atoms with Crippen molar-refractivity contribution in [3.05, 3.63) is 47.9 Å². The van der Waals surface area contributed by atoms with Crippen molar-refractivity contribution in [1.82, 2.24) is 4.98 Å². The number of anilines is 2. The molecule has 2 aromatic rings. The third kappa shape index (κ3) is 4.26. The number of halogens is 1. The summed E-state index contributed by atoms with van der Waals surface area (Å²) in [6.45, 7) is 3.23. The Morgan fingerprint density at radius 3 is 2.72 bits per heavy atom. The summed E-state index contributed by atoms with van der Waals surface area (Å²) in [5.41, 5.74) is 1.19. The van der Waals surface area contributed by atoms with Gasteiger partial charge in [0.1, 0.15) is 11.6 Å². The van der Waals surface area contributed by atoms with Gasteiger partial charge in [-0.15, -0.1) is 0 Å². The molecular formula is C17H20FN3O3S. The summed E-state index contributed by atoms with van der Waals surface area (Å²) < 4.78 is 42.5. The first-order valence-electron chi connectivity index (χ1n) is 7.95. The van der Waals surface area contributed by atoms with Crippen molar-refractivity contribution in [3.8, 4) is 0 Å². The van der Waals surface area contributed by atoms with E-state index >= 15 is 0 Å². The lowest BCUT2D eigenvalue weighted by Crippen LogP contribution is -2.37. The molecule has 134 valence electrons. The maximum Gasteiger partial charge on any atom is 0.175 e. The van der Waals surface area contributed by atoms with E-state index in [0.717, 1.165) is 36.8 Å². The Hall–Kier alpha value is -2.19. The lowest BCUT2D eigenvalue weighted by Gasteiger charge is -2.29. The Kier molecular flexibility index (Phi) is 5.19. The predicted molar refractivity (Wildman–Crippen MR) is 94.1 cm³/mol. The largest absolute Gasteiger partial charge is 0.378 e. The normalized spacial score (nSPS) is 15.2. The van der Waals surface area contributed by atoms with Crippen LogP contribution in [-0.4, -0.2) is 46.0 Å². The van der Waals surface area contributed by atoms with Gasteiger partial charge in [-0.1, -0.05) is 6.07 Å². The molecule has 0 amide bonds. The number of nitrogens with one attached hydrogen (secondary N) is 1. The zero-order valence-corrected chi connectivity index (χ0v) is 14.7. The molecule has 1 fully saturated rings. The molecule has 1 aromatic carbocycles. The number of ether oxygens (including phenoxy) is 1. The van der Waals surface area contributed by atoms with Gasteiger partial charge in [-0.2, -0.15) is 0 Å². The molecule has 0 radical (unpaired) electrons. The van der Waals surface area contributed by atoms with Crippen LogP contribution in [0.15, 0.2) is 41.4 Å². The first-order chi connectivity index (χ1) is 11.9. The second kappa shape index (κ2) is 7.37. The second-order valence-electron chi connectivity index (χ2n) is 5.85. The smallest absolute Gasteiger partial charge is 0.175 e. The summed E-state index contributed by atoms with van der Waals surface area (Å²) >= 11 is 0. The minimum Gasteiger partial charge on any atom is -0.378 e. The molecule has 1 N–H and O–H groups in total. The number of hydrogen-bond donors (Lipinski definition) is 1. The van der Waals surface area contributed by atoms with Gasteiger partial charge in [-0.05, 0) is 24.3 Å². The number of hydrogen-bond acceptors (Lipinski definition) is 6. The molecule has 8 heteroatoms. The molecule has 0 spiro atoms. The predicted octanol–water partition coefficient (Wildman–Crippen LogP) is 2.07. The highest BCUT2D eigenvalue weighted by Gasteiger charge is 2.16. The van der Waals surface area contributed by atoms with Crippen molar-refractivity contribution in [2.45, 2.75) is 11.4 Å². The fraction of sp³-hybridized carbons (Fsp3) is 0.353. The van der Waals surface area contributed by atoms with E-state index in [-0.39, 0.29) is 10.6 Å². The lowest BCUT2D eigenvalue weighted by molar-refractivity contribution is 0.122. The third-order valence-electron chi connectivity index (χ3n) is 4.02. The zero-order valence-electron chi connectivity index (χ0n) is 13.9. The van der Waals surface area contributed by atoms with E-state index in [9.17, 15) is 12.8 Å². The van der Waals surface area contributed by atoms with Gasteiger partial charge in [0, 0.05) is 37.7 Å². The average molecular weight is 365 g/mol. The van der Waals surface area contributed by atoms with Crippen LogP contribution in [-0.2, 0) is 21.1 Å². The van der Waals surface area contributed by atoms with Gasteiger partial charge in [-0.3, -0.25) is 0 Å². The molecule has 2 heterocycles. The average Bonchev–Trinajstić information content (AvgIpc) is 2.61. The van der Waals surface area contributed by atoms with E-state index in [4.69, 9.17) is 4.74 Å². The molecule has 1 aliphatic heterocycles. The van der Waals surface area contributed by atoms with Gasteiger partial charge in [0.05, 0.1) is 23.8 Å². The monoisotopic (exact) mass is 365 g/mol. The van der Waals surface area contributed by atoms with Crippen molar-refractivity contribution in [3.63, 3.8) is 0 Å². The number of aromatic nitrogens is 1. The molecule has 0 unspecified atom stereocenters. The number of rotatable bonds is 5. The van der Waals surface area contributed by atoms with Gasteiger partial charge in [0.15, 0.2) is 9.84 Å². The van der Waals surface area contributed by atoms with Crippen molar-refractivity contribution in [2.75, 3.05) is 42.8 Å². The van der Waals surface area contributed by atoms with E-state index in [1.807, 2.05) is 12.1 Å². The third-order valence-corrected chi connectivity index (χ3v) is 5.13. The van der Waals surface area contributed by atoms with E-state index in [0.29, 0.717) is 19.8 Å². The molecule has 1 aromatic heterocycles. The molecule has 6 nitrogen and oxygen atoms in total. The molecule has 1 saturated heterocycles. The molecule has 0 atom stereocenters. The van der Waals surface area contributed by atoms with Gasteiger partial charge in [0.25, 0.3) is 0 Å². The lowest BCUT2D eigenvalue weighted by atomic mass is 10.2. The number of benzene rings is 1. The van der Waals surface area contributed by atoms with Crippen molar-refractivity contribution in [1.29, 1.82) is 0 Å². The molecule has 25 heavy (non-hydrogen) atoms. The van der Waals surface area contributed by atoms with Crippen LogP contribution in [0.3, 0.4) is 0 Å². The summed E-state index contributed by atoms with van der Waals surface area (Å²) in [5, 5.41) is 3.02. The molecule has 1 aliphatic rings. The van der Waals surface area contributed by atoms with Crippen molar-refractivity contribution < 1.29 is 17.5 Å². The molecule has 0 bridgehead atoms. The maximum atomic E-state index is 14.2. The first kappa shape index (κ1) is 17.6. The zero-order chi connectivity index (χ0) is 17.9. The fourth-order valence-electron chi connectivity index (χ4n) is 2.69. The Morgan fingerprint density at radius 2 is 2.04 bits per heavy atom. The summed E-state index contributed by atoms with van der Waals surface area (Å²) in [7, 11) is -3.43. The van der Waals surface area contributed by atoms with Gasteiger partial charge in [-0.25, -0.2) is 17.8 Å². The Balaban J connectivity index is 1.76. The van der Waals surface area contributed by atoms with Crippen molar-refractivity contribution >= 4 is 21.3 Å². The Morgan fingerprint density at radius 1 is 1.28 bits per heavy atom. The summed E-state index contributed by atoms with van der Waals surface area (Å²) in [4.78, 5) is 6.55. The number of nitrogens with zero attached hydrogens (tertiary/aromatic N) is 2. The van der Waals surface area contributed by atoms with Crippen LogP contribution < -0.4 is 10.2 Å². The first-order valence-corrected chi connectivity index (χ1v) is 9.84. The summed E-state index contributed by atoms with van der Waals surface area (Å²) in [6, 6.07) is 7.64. The SMILES string of the molecule is CS(=O)(=O)c1ccc(NCc2cccnc2N2CCOCC2)c(F)c1. The highest BCUT2D eigenvalue weighted by Crippen LogP contribution is 2.22. The molecular weight excluding hydrogens is 345 g/mol. The van der Waals surface area contributed by atoms with Crippen molar-refractivity contribution in [2.24, 2.45) is 0 Å². The topological polar surface area (TPSA) is 71.5 Å². The van der Waals surface area contributed by atoms with Crippen LogP contribution in [0.4, 0.5) is 15.9 Å². The van der Waals surface area contributed by atoms with Gasteiger partial charge >= 0.3 is 0 Å².